The van der Waals surface area contributed by atoms with E-state index in [1.54, 1.807) is 13.8 Å². The monoisotopic (exact) mass is 410 g/mol. The number of aromatic hydroxyl groups is 1. The number of rotatable bonds is 6. The molecule has 4 N–H and O–H groups in total. The summed E-state index contributed by atoms with van der Waals surface area (Å²) in [6.07, 6.45) is -0.580. The summed E-state index contributed by atoms with van der Waals surface area (Å²) in [7, 11) is 0. The summed E-state index contributed by atoms with van der Waals surface area (Å²) >= 11 is 0. The zero-order chi connectivity index (χ0) is 21.3. The second-order valence-corrected chi connectivity index (χ2v) is 8.32. The van der Waals surface area contributed by atoms with E-state index in [0.29, 0.717) is 24.3 Å². The molecule has 1 aromatic carbocycles. The van der Waals surface area contributed by atoms with E-state index < -0.39 is 30.7 Å². The molecule has 3 rings (SSSR count). The molecule has 6 atom stereocenters. The van der Waals surface area contributed by atoms with Crippen molar-refractivity contribution < 1.29 is 34.6 Å². The average Bonchev–Trinajstić information content (AvgIpc) is 2.71. The molecule has 2 aliphatic heterocycles. The van der Waals surface area contributed by atoms with E-state index >= 15 is 0 Å². The maximum absolute atomic E-state index is 10.7. The van der Waals surface area contributed by atoms with Crippen LogP contribution >= 0.6 is 0 Å². The number of phenolic OH excluding ortho intramolecular Hbond substituents is 1. The minimum absolute atomic E-state index is 0.108. The van der Waals surface area contributed by atoms with Gasteiger partial charge in [0.15, 0.2) is 0 Å². The van der Waals surface area contributed by atoms with Crippen molar-refractivity contribution in [1.82, 2.24) is 0 Å². The summed E-state index contributed by atoms with van der Waals surface area (Å²) in [4.78, 5) is 0. The highest BCUT2D eigenvalue weighted by Crippen LogP contribution is 2.42. The molecule has 2 aliphatic rings. The van der Waals surface area contributed by atoms with Gasteiger partial charge in [0, 0.05) is 11.1 Å². The molecule has 0 bridgehead atoms. The van der Waals surface area contributed by atoms with Gasteiger partial charge in [-0.2, -0.15) is 0 Å². The van der Waals surface area contributed by atoms with Gasteiger partial charge in [0.05, 0.1) is 18.8 Å². The maximum Gasteiger partial charge on any atom is 0.229 e. The third-order valence-electron chi connectivity index (χ3n) is 6.21. The molecule has 0 unspecified atom stereocenters. The topological polar surface area (TPSA) is 109 Å². The van der Waals surface area contributed by atoms with Crippen molar-refractivity contribution in [2.75, 3.05) is 0 Å². The summed E-state index contributed by atoms with van der Waals surface area (Å²) in [5, 5.41) is 41.0. The highest BCUT2D eigenvalue weighted by Gasteiger charge is 2.43. The number of benzene rings is 1. The fraction of sp³-hybridized carbons (Fsp3) is 0.727. The van der Waals surface area contributed by atoms with E-state index in [9.17, 15) is 20.4 Å². The molecular formula is C22H34O7. The van der Waals surface area contributed by atoms with Gasteiger partial charge >= 0.3 is 0 Å². The molecule has 7 nitrogen and oxygen atoms in total. The van der Waals surface area contributed by atoms with Crippen LogP contribution in [0, 0.1) is 13.8 Å². The van der Waals surface area contributed by atoms with Crippen molar-refractivity contribution >= 4 is 0 Å². The second kappa shape index (κ2) is 9.18. The minimum Gasteiger partial charge on any atom is -0.507 e. The molecule has 0 amide bonds. The fourth-order valence-corrected chi connectivity index (χ4v) is 4.25. The molecule has 1 saturated heterocycles. The molecule has 2 heterocycles. The standard InChI is InChI=1S/C22H34O7/c1-5-6-7-8-14-9-15-11(2)21(12(3)17(23)16(15)10-27-14)29-22-20(26)19(25)18(24)13(4)28-22/h13-14,18-20,22-26H,5-10H2,1-4H3/t13-,14-,18-,19+,20+,22-/m0/s1. The third-order valence-corrected chi connectivity index (χ3v) is 6.21. The van der Waals surface area contributed by atoms with Crippen molar-refractivity contribution in [3.63, 3.8) is 0 Å². The van der Waals surface area contributed by atoms with Crippen LogP contribution in [0.2, 0.25) is 0 Å². The summed E-state index contributed by atoms with van der Waals surface area (Å²) in [5.74, 6) is 0.571. The first-order valence-electron chi connectivity index (χ1n) is 10.6. The van der Waals surface area contributed by atoms with Gasteiger partial charge in [0.2, 0.25) is 6.29 Å². The van der Waals surface area contributed by atoms with Crippen LogP contribution in [-0.2, 0) is 22.5 Å². The lowest BCUT2D eigenvalue weighted by Crippen LogP contribution is -2.58. The Morgan fingerprint density at radius 1 is 1.00 bits per heavy atom. The van der Waals surface area contributed by atoms with Crippen LogP contribution in [-0.4, -0.2) is 57.2 Å². The number of ether oxygens (including phenoxy) is 3. The summed E-state index contributed by atoms with van der Waals surface area (Å²) in [6, 6.07) is 0. The Morgan fingerprint density at radius 3 is 2.41 bits per heavy atom. The maximum atomic E-state index is 10.7. The first-order chi connectivity index (χ1) is 13.8. The van der Waals surface area contributed by atoms with Crippen molar-refractivity contribution in [2.24, 2.45) is 0 Å². The Balaban J connectivity index is 1.85. The highest BCUT2D eigenvalue weighted by atomic mass is 16.7. The van der Waals surface area contributed by atoms with Crippen LogP contribution < -0.4 is 4.74 Å². The molecule has 1 aromatic rings. The van der Waals surface area contributed by atoms with E-state index in [1.165, 1.54) is 6.42 Å². The number of phenols is 1. The molecule has 1 fully saturated rings. The molecule has 0 aromatic heterocycles. The Hall–Kier alpha value is -1.38. The van der Waals surface area contributed by atoms with Gasteiger partial charge < -0.3 is 34.6 Å². The van der Waals surface area contributed by atoms with Crippen LogP contribution in [0.15, 0.2) is 0 Å². The molecule has 164 valence electrons. The second-order valence-electron chi connectivity index (χ2n) is 8.32. The summed E-state index contributed by atoms with van der Waals surface area (Å²) in [6.45, 7) is 7.82. The van der Waals surface area contributed by atoms with Crippen LogP contribution in [0.1, 0.15) is 61.8 Å². The Morgan fingerprint density at radius 2 is 1.72 bits per heavy atom. The smallest absolute Gasteiger partial charge is 0.229 e. The normalized spacial score (nSPS) is 32.1. The molecule has 7 heteroatoms. The predicted molar refractivity (Wildman–Crippen MR) is 107 cm³/mol. The van der Waals surface area contributed by atoms with E-state index in [0.717, 1.165) is 36.0 Å². The SMILES string of the molecule is CCCCC[C@H]1Cc2c(C)c(O[C@@H]3O[C@@H](C)[C@H](O)[C@@H](O)[C@H]3O)c(C)c(O)c2CO1. The van der Waals surface area contributed by atoms with E-state index in [1.807, 2.05) is 6.92 Å². The largest absolute Gasteiger partial charge is 0.507 e. The Labute approximate surface area is 172 Å². The quantitative estimate of drug-likeness (QED) is 0.533. The third kappa shape index (κ3) is 4.39. The lowest BCUT2D eigenvalue weighted by molar-refractivity contribution is -0.268. The molecule has 0 spiro atoms. The molecule has 0 saturated carbocycles. The van der Waals surface area contributed by atoms with Gasteiger partial charge in [-0.15, -0.1) is 0 Å². The van der Waals surface area contributed by atoms with Gasteiger partial charge in [-0.25, -0.2) is 0 Å². The number of aliphatic hydroxyl groups excluding tert-OH is 3. The van der Waals surface area contributed by atoms with E-state index in [-0.39, 0.29) is 11.9 Å². The number of hydrogen-bond donors (Lipinski definition) is 4. The van der Waals surface area contributed by atoms with Gasteiger partial charge in [-0.1, -0.05) is 26.2 Å². The Kier molecular flexibility index (Phi) is 7.06. The van der Waals surface area contributed by atoms with Crippen molar-refractivity contribution in [1.29, 1.82) is 0 Å². The van der Waals surface area contributed by atoms with Gasteiger partial charge in [0.25, 0.3) is 0 Å². The van der Waals surface area contributed by atoms with Gasteiger partial charge in [0.1, 0.15) is 29.8 Å². The number of fused-ring (bicyclic) bond motifs is 1. The molecular weight excluding hydrogens is 376 g/mol. The lowest BCUT2D eigenvalue weighted by Gasteiger charge is -2.39. The van der Waals surface area contributed by atoms with Crippen LogP contribution in [0.4, 0.5) is 0 Å². The zero-order valence-corrected chi connectivity index (χ0v) is 17.7. The van der Waals surface area contributed by atoms with Crippen LogP contribution in [0.25, 0.3) is 0 Å². The van der Waals surface area contributed by atoms with Gasteiger partial charge in [-0.05, 0) is 44.7 Å². The van der Waals surface area contributed by atoms with E-state index in [4.69, 9.17) is 14.2 Å². The molecule has 29 heavy (non-hydrogen) atoms. The number of hydrogen-bond acceptors (Lipinski definition) is 7. The van der Waals surface area contributed by atoms with Crippen LogP contribution in [0.3, 0.4) is 0 Å². The molecule has 0 radical (unpaired) electrons. The first-order valence-corrected chi connectivity index (χ1v) is 10.6. The summed E-state index contributed by atoms with van der Waals surface area (Å²) < 4.78 is 17.5. The van der Waals surface area contributed by atoms with Crippen molar-refractivity contribution in [2.45, 2.75) is 103 Å². The summed E-state index contributed by atoms with van der Waals surface area (Å²) in [5.41, 5.74) is 3.21. The highest BCUT2D eigenvalue weighted by molar-refractivity contribution is 5.58. The van der Waals surface area contributed by atoms with Gasteiger partial charge in [-0.3, -0.25) is 0 Å². The van der Waals surface area contributed by atoms with Crippen molar-refractivity contribution in [3.8, 4) is 11.5 Å². The zero-order valence-electron chi connectivity index (χ0n) is 17.7. The van der Waals surface area contributed by atoms with Crippen molar-refractivity contribution in [3.05, 3.63) is 22.3 Å². The first kappa shape index (κ1) is 22.3. The Bertz CT molecular complexity index is 720. The van der Waals surface area contributed by atoms with Crippen LogP contribution in [0.5, 0.6) is 11.5 Å². The predicted octanol–water partition coefficient (Wildman–Crippen LogP) is 2.24. The number of unbranched alkanes of at least 4 members (excludes halogenated alkanes) is 2. The minimum atomic E-state index is -1.40. The average molecular weight is 411 g/mol. The van der Waals surface area contributed by atoms with E-state index in [2.05, 4.69) is 6.92 Å². The number of aliphatic hydroxyl groups is 3. The fourth-order valence-electron chi connectivity index (χ4n) is 4.25. The molecule has 0 aliphatic carbocycles. The lowest BCUT2D eigenvalue weighted by atomic mass is 9.89.